The summed E-state index contributed by atoms with van der Waals surface area (Å²) in [6.45, 7) is 22.8. The smallest absolute Gasteiger partial charge is 0.127 e. The number of hydrogen-bond acceptors (Lipinski definition) is 1. The molecule has 0 N–H and O–H groups in total. The SMILES string of the molecule is Cc1c(C)c(C)c2c(c1C)OC(C)(C)C2(C)C(C)(C)C. The van der Waals surface area contributed by atoms with E-state index in [-0.39, 0.29) is 16.4 Å². The van der Waals surface area contributed by atoms with E-state index < -0.39 is 0 Å². The van der Waals surface area contributed by atoms with Crippen molar-refractivity contribution < 1.29 is 4.74 Å². The van der Waals surface area contributed by atoms with Crippen LogP contribution in [0, 0.1) is 33.1 Å². The second kappa shape index (κ2) is 4.02. The lowest BCUT2D eigenvalue weighted by molar-refractivity contribution is 0.000463. The van der Waals surface area contributed by atoms with Gasteiger partial charge in [-0.05, 0) is 69.2 Å². The third-order valence-electron chi connectivity index (χ3n) is 6.19. The fraction of sp³-hybridized carbons (Fsp3) is 0.684. The van der Waals surface area contributed by atoms with E-state index in [9.17, 15) is 0 Å². The molecule has 1 atom stereocenters. The molecule has 0 amide bonds. The molecule has 112 valence electrons. The summed E-state index contributed by atoms with van der Waals surface area (Å²) in [7, 11) is 0. The van der Waals surface area contributed by atoms with Crippen LogP contribution in [0.1, 0.15) is 69.4 Å². The van der Waals surface area contributed by atoms with Gasteiger partial charge in [-0.3, -0.25) is 0 Å². The average Bonchev–Trinajstić information content (AvgIpc) is 2.53. The highest BCUT2D eigenvalue weighted by molar-refractivity contribution is 5.61. The van der Waals surface area contributed by atoms with Gasteiger partial charge in [-0.1, -0.05) is 27.7 Å². The Bertz CT molecular complexity index is 573. The molecule has 0 aromatic heterocycles. The van der Waals surface area contributed by atoms with Gasteiger partial charge in [0, 0.05) is 11.0 Å². The van der Waals surface area contributed by atoms with Crippen LogP contribution >= 0.6 is 0 Å². The molecule has 0 fully saturated rings. The van der Waals surface area contributed by atoms with E-state index in [2.05, 4.69) is 69.2 Å². The number of benzene rings is 1. The molecule has 2 rings (SSSR count). The lowest BCUT2D eigenvalue weighted by atomic mass is 9.56. The van der Waals surface area contributed by atoms with E-state index in [0.29, 0.717) is 0 Å². The van der Waals surface area contributed by atoms with Crippen LogP contribution < -0.4 is 4.74 Å². The van der Waals surface area contributed by atoms with Crippen molar-refractivity contribution in [1.82, 2.24) is 0 Å². The van der Waals surface area contributed by atoms with Crippen molar-refractivity contribution in [3.63, 3.8) is 0 Å². The van der Waals surface area contributed by atoms with Crippen molar-refractivity contribution in [3.8, 4) is 5.75 Å². The van der Waals surface area contributed by atoms with Gasteiger partial charge >= 0.3 is 0 Å². The van der Waals surface area contributed by atoms with Crippen molar-refractivity contribution in [2.24, 2.45) is 5.41 Å². The molecule has 1 aromatic carbocycles. The van der Waals surface area contributed by atoms with E-state index in [4.69, 9.17) is 4.74 Å². The van der Waals surface area contributed by atoms with Gasteiger partial charge in [-0.25, -0.2) is 0 Å². The molecule has 20 heavy (non-hydrogen) atoms. The van der Waals surface area contributed by atoms with Gasteiger partial charge in [-0.2, -0.15) is 0 Å². The molecule has 0 saturated carbocycles. The second-order valence-electron chi connectivity index (χ2n) is 8.19. The van der Waals surface area contributed by atoms with Crippen LogP contribution in [0.5, 0.6) is 5.75 Å². The molecule has 1 aromatic rings. The zero-order chi connectivity index (χ0) is 15.7. The summed E-state index contributed by atoms with van der Waals surface area (Å²) in [6, 6.07) is 0. The van der Waals surface area contributed by atoms with Gasteiger partial charge in [0.05, 0.1) is 0 Å². The molecular formula is C19H30O. The number of ether oxygens (including phenoxy) is 1. The molecule has 0 aliphatic carbocycles. The standard InChI is InChI=1S/C19H30O/c1-11-12(2)14(4)16-15(13(11)3)19(10,17(5,6)7)18(8,9)20-16/h1-10H3. The average molecular weight is 274 g/mol. The van der Waals surface area contributed by atoms with Crippen molar-refractivity contribution in [1.29, 1.82) is 0 Å². The molecular weight excluding hydrogens is 244 g/mol. The minimum absolute atomic E-state index is 0.00262. The Balaban J connectivity index is 2.93. The topological polar surface area (TPSA) is 9.23 Å². The quantitative estimate of drug-likeness (QED) is 0.616. The summed E-state index contributed by atoms with van der Waals surface area (Å²) in [4.78, 5) is 0. The predicted octanol–water partition coefficient (Wildman–Crippen LogP) is 5.40. The third kappa shape index (κ3) is 1.61. The summed E-state index contributed by atoms with van der Waals surface area (Å²) in [5, 5.41) is 0. The van der Waals surface area contributed by atoms with Crippen LogP contribution in [0.4, 0.5) is 0 Å². The van der Waals surface area contributed by atoms with E-state index in [1.807, 2.05) is 0 Å². The number of rotatable bonds is 0. The first-order valence-electron chi connectivity index (χ1n) is 7.66. The van der Waals surface area contributed by atoms with E-state index >= 15 is 0 Å². The fourth-order valence-corrected chi connectivity index (χ4v) is 3.94. The Hall–Kier alpha value is -0.980. The normalized spacial score (nSPS) is 24.5. The maximum absolute atomic E-state index is 6.48. The molecule has 0 bridgehead atoms. The number of fused-ring (bicyclic) bond motifs is 1. The second-order valence-corrected chi connectivity index (χ2v) is 8.19. The van der Waals surface area contributed by atoms with E-state index in [1.54, 1.807) is 0 Å². The molecule has 1 nitrogen and oxygen atoms in total. The third-order valence-corrected chi connectivity index (χ3v) is 6.19. The summed E-state index contributed by atoms with van der Waals surface area (Å²) in [6.07, 6.45) is 0. The molecule has 1 aliphatic rings. The monoisotopic (exact) mass is 274 g/mol. The molecule has 0 spiro atoms. The van der Waals surface area contributed by atoms with Crippen molar-refractivity contribution in [3.05, 3.63) is 27.8 Å². The fourth-order valence-electron chi connectivity index (χ4n) is 3.94. The lowest BCUT2D eigenvalue weighted by Crippen LogP contribution is -2.53. The highest BCUT2D eigenvalue weighted by Crippen LogP contribution is 2.60. The Morgan fingerprint density at radius 2 is 1.20 bits per heavy atom. The first-order valence-corrected chi connectivity index (χ1v) is 7.66. The molecule has 1 heteroatoms. The largest absolute Gasteiger partial charge is 0.486 e. The van der Waals surface area contributed by atoms with Gasteiger partial charge in [0.25, 0.3) is 0 Å². The van der Waals surface area contributed by atoms with Crippen molar-refractivity contribution in [2.75, 3.05) is 0 Å². The Morgan fingerprint density at radius 3 is 1.65 bits per heavy atom. The Labute approximate surface area is 124 Å². The molecule has 0 saturated heterocycles. The highest BCUT2D eigenvalue weighted by atomic mass is 16.5. The summed E-state index contributed by atoms with van der Waals surface area (Å²) < 4.78 is 6.48. The van der Waals surface area contributed by atoms with Gasteiger partial charge in [0.2, 0.25) is 0 Å². The highest BCUT2D eigenvalue weighted by Gasteiger charge is 2.58. The van der Waals surface area contributed by atoms with Gasteiger partial charge < -0.3 is 4.74 Å². The van der Waals surface area contributed by atoms with Gasteiger partial charge in [0.1, 0.15) is 11.4 Å². The number of hydrogen-bond donors (Lipinski definition) is 0. The molecule has 0 radical (unpaired) electrons. The predicted molar refractivity (Wildman–Crippen MR) is 86.9 cm³/mol. The first kappa shape index (κ1) is 15.4. The van der Waals surface area contributed by atoms with Crippen molar-refractivity contribution in [2.45, 2.75) is 80.3 Å². The van der Waals surface area contributed by atoms with Crippen molar-refractivity contribution >= 4 is 0 Å². The van der Waals surface area contributed by atoms with E-state index in [1.165, 1.54) is 27.8 Å². The van der Waals surface area contributed by atoms with Crippen LogP contribution in [-0.2, 0) is 5.41 Å². The lowest BCUT2D eigenvalue weighted by Gasteiger charge is -2.47. The van der Waals surface area contributed by atoms with E-state index in [0.717, 1.165) is 5.75 Å². The first-order chi connectivity index (χ1) is 8.86. The van der Waals surface area contributed by atoms with Crippen LogP contribution in [0.3, 0.4) is 0 Å². The molecule has 1 aliphatic heterocycles. The Morgan fingerprint density at radius 1 is 0.750 bits per heavy atom. The zero-order valence-corrected chi connectivity index (χ0v) is 14.9. The summed E-state index contributed by atoms with van der Waals surface area (Å²) in [5.74, 6) is 1.13. The molecule has 1 unspecified atom stereocenters. The van der Waals surface area contributed by atoms with Crippen LogP contribution in [-0.4, -0.2) is 5.60 Å². The maximum Gasteiger partial charge on any atom is 0.127 e. The Kier molecular flexibility index (Phi) is 3.10. The zero-order valence-electron chi connectivity index (χ0n) is 14.9. The minimum Gasteiger partial charge on any atom is -0.486 e. The van der Waals surface area contributed by atoms with Crippen LogP contribution in [0.2, 0.25) is 0 Å². The minimum atomic E-state index is -0.191. The molecule has 1 heterocycles. The van der Waals surface area contributed by atoms with Gasteiger partial charge in [0.15, 0.2) is 0 Å². The summed E-state index contributed by atoms with van der Waals surface area (Å²) in [5.41, 5.74) is 6.88. The van der Waals surface area contributed by atoms with Crippen LogP contribution in [0.25, 0.3) is 0 Å². The van der Waals surface area contributed by atoms with Gasteiger partial charge in [-0.15, -0.1) is 0 Å². The van der Waals surface area contributed by atoms with Crippen LogP contribution in [0.15, 0.2) is 0 Å². The summed E-state index contributed by atoms with van der Waals surface area (Å²) >= 11 is 0. The maximum atomic E-state index is 6.48.